The third kappa shape index (κ3) is 6.72. The number of anilines is 1. The average Bonchev–Trinajstić information content (AvgIpc) is 2.82. The molecule has 1 heterocycles. The zero-order valence-electron chi connectivity index (χ0n) is 22.6. The minimum Gasteiger partial charge on any atom is -0.496 e. The number of aryl methyl sites for hydroxylation is 1. The van der Waals surface area contributed by atoms with Crippen molar-refractivity contribution in [2.45, 2.75) is 53.9 Å². The van der Waals surface area contributed by atoms with Gasteiger partial charge in [-0.2, -0.15) is 0 Å². The highest BCUT2D eigenvalue weighted by molar-refractivity contribution is 6.06. The highest BCUT2D eigenvalue weighted by atomic mass is 16.5. The SMILES string of the molecule is COc1ccc(C(C)(C)C)cc1C(=O)Nc1cnc(C)c(-c2cccc(C(=O)NCC(C)(C)C)c2)c1. The van der Waals surface area contributed by atoms with Crippen LogP contribution in [0.4, 0.5) is 5.69 Å². The molecule has 0 aliphatic heterocycles. The Balaban J connectivity index is 1.89. The Labute approximate surface area is 214 Å². The Morgan fingerprint density at radius 3 is 2.31 bits per heavy atom. The number of rotatable bonds is 6. The molecular formula is C30H37N3O3. The van der Waals surface area contributed by atoms with Crippen LogP contribution in [0.5, 0.6) is 5.75 Å². The second kappa shape index (κ2) is 10.5. The lowest BCUT2D eigenvalue weighted by Crippen LogP contribution is -2.32. The largest absolute Gasteiger partial charge is 0.496 e. The van der Waals surface area contributed by atoms with Gasteiger partial charge < -0.3 is 15.4 Å². The Hall–Kier alpha value is -3.67. The van der Waals surface area contributed by atoms with E-state index in [-0.39, 0.29) is 22.6 Å². The van der Waals surface area contributed by atoms with Gasteiger partial charge in [-0.3, -0.25) is 14.6 Å². The second-order valence-corrected chi connectivity index (χ2v) is 11.3. The van der Waals surface area contributed by atoms with Gasteiger partial charge in [0.2, 0.25) is 0 Å². The maximum atomic E-state index is 13.2. The van der Waals surface area contributed by atoms with E-state index in [1.165, 1.54) is 0 Å². The van der Waals surface area contributed by atoms with Crippen LogP contribution in [0.3, 0.4) is 0 Å². The van der Waals surface area contributed by atoms with Crippen LogP contribution in [-0.4, -0.2) is 30.5 Å². The monoisotopic (exact) mass is 487 g/mol. The number of nitrogens with zero attached hydrogens (tertiary/aromatic N) is 1. The molecule has 0 aliphatic carbocycles. The van der Waals surface area contributed by atoms with Crippen LogP contribution in [0, 0.1) is 12.3 Å². The Morgan fingerprint density at radius 2 is 1.67 bits per heavy atom. The summed E-state index contributed by atoms with van der Waals surface area (Å²) in [4.78, 5) is 30.4. The Bertz CT molecular complexity index is 1270. The van der Waals surface area contributed by atoms with E-state index in [9.17, 15) is 9.59 Å². The van der Waals surface area contributed by atoms with Crippen molar-refractivity contribution >= 4 is 17.5 Å². The molecule has 0 bridgehead atoms. The quantitative estimate of drug-likeness (QED) is 0.422. The smallest absolute Gasteiger partial charge is 0.259 e. The lowest BCUT2D eigenvalue weighted by Gasteiger charge is -2.21. The number of pyridine rings is 1. The fourth-order valence-electron chi connectivity index (χ4n) is 3.72. The molecule has 2 aromatic carbocycles. The molecule has 2 amide bonds. The molecule has 6 heteroatoms. The number of nitrogens with one attached hydrogen (secondary N) is 2. The van der Waals surface area contributed by atoms with Crippen LogP contribution in [0.2, 0.25) is 0 Å². The minimum atomic E-state index is -0.273. The minimum absolute atomic E-state index is 0.00457. The molecule has 3 rings (SSSR count). The van der Waals surface area contributed by atoms with Gasteiger partial charge in [0.1, 0.15) is 5.75 Å². The van der Waals surface area contributed by atoms with E-state index in [1.807, 2.05) is 49.4 Å². The van der Waals surface area contributed by atoms with Crippen LogP contribution in [0.25, 0.3) is 11.1 Å². The molecule has 36 heavy (non-hydrogen) atoms. The normalized spacial score (nSPS) is 11.7. The summed E-state index contributed by atoms with van der Waals surface area (Å²) in [5.74, 6) is 0.118. The summed E-state index contributed by atoms with van der Waals surface area (Å²) >= 11 is 0. The first kappa shape index (κ1) is 26.9. The topological polar surface area (TPSA) is 80.3 Å². The van der Waals surface area contributed by atoms with Gasteiger partial charge in [0.15, 0.2) is 0 Å². The van der Waals surface area contributed by atoms with Gasteiger partial charge in [-0.05, 0) is 59.2 Å². The second-order valence-electron chi connectivity index (χ2n) is 11.3. The molecule has 0 unspecified atom stereocenters. The van der Waals surface area contributed by atoms with E-state index >= 15 is 0 Å². The number of carbonyl (C=O) groups is 2. The third-order valence-electron chi connectivity index (χ3n) is 5.87. The molecule has 6 nitrogen and oxygen atoms in total. The summed E-state index contributed by atoms with van der Waals surface area (Å²) in [5, 5.41) is 5.95. The van der Waals surface area contributed by atoms with Crippen molar-refractivity contribution in [3.63, 3.8) is 0 Å². The maximum Gasteiger partial charge on any atom is 0.259 e. The summed E-state index contributed by atoms with van der Waals surface area (Å²) < 4.78 is 5.45. The molecule has 3 aromatic rings. The van der Waals surface area contributed by atoms with Crippen molar-refractivity contribution in [1.29, 1.82) is 0 Å². The highest BCUT2D eigenvalue weighted by Crippen LogP contribution is 2.30. The van der Waals surface area contributed by atoms with Crippen molar-refractivity contribution in [3.05, 3.63) is 77.1 Å². The molecule has 1 aromatic heterocycles. The Kier molecular flexibility index (Phi) is 7.87. The number of methoxy groups -OCH3 is 1. The molecule has 0 atom stereocenters. The van der Waals surface area contributed by atoms with Gasteiger partial charge in [-0.1, -0.05) is 59.7 Å². The first-order valence-electron chi connectivity index (χ1n) is 12.1. The molecule has 0 saturated heterocycles. The van der Waals surface area contributed by atoms with Gasteiger partial charge in [0, 0.05) is 23.4 Å². The van der Waals surface area contributed by atoms with E-state index in [2.05, 4.69) is 57.2 Å². The van der Waals surface area contributed by atoms with Gasteiger partial charge in [-0.15, -0.1) is 0 Å². The third-order valence-corrected chi connectivity index (χ3v) is 5.87. The maximum absolute atomic E-state index is 13.2. The van der Waals surface area contributed by atoms with E-state index < -0.39 is 0 Å². The van der Waals surface area contributed by atoms with Gasteiger partial charge in [0.25, 0.3) is 11.8 Å². The first-order valence-corrected chi connectivity index (χ1v) is 12.1. The number of amides is 2. The summed E-state index contributed by atoms with van der Waals surface area (Å²) in [5.41, 5.74) is 5.02. The van der Waals surface area contributed by atoms with E-state index in [1.54, 1.807) is 19.4 Å². The van der Waals surface area contributed by atoms with Crippen LogP contribution in [0.15, 0.2) is 54.7 Å². The van der Waals surface area contributed by atoms with Crippen molar-refractivity contribution in [2.75, 3.05) is 19.0 Å². The molecule has 190 valence electrons. The predicted molar refractivity (Wildman–Crippen MR) is 146 cm³/mol. The van der Waals surface area contributed by atoms with Crippen molar-refractivity contribution < 1.29 is 14.3 Å². The number of benzene rings is 2. The van der Waals surface area contributed by atoms with Gasteiger partial charge >= 0.3 is 0 Å². The highest BCUT2D eigenvalue weighted by Gasteiger charge is 2.20. The zero-order chi connectivity index (χ0) is 26.7. The lowest BCUT2D eigenvalue weighted by molar-refractivity contribution is 0.0938. The van der Waals surface area contributed by atoms with Gasteiger partial charge in [-0.25, -0.2) is 0 Å². The van der Waals surface area contributed by atoms with Crippen LogP contribution < -0.4 is 15.4 Å². The predicted octanol–water partition coefficient (Wildman–Crippen LogP) is 6.39. The molecular weight excluding hydrogens is 450 g/mol. The number of carbonyl (C=O) groups excluding carboxylic acids is 2. The molecule has 0 aliphatic rings. The van der Waals surface area contributed by atoms with Gasteiger partial charge in [0.05, 0.1) is 24.6 Å². The van der Waals surface area contributed by atoms with E-state index in [0.717, 1.165) is 22.4 Å². The summed E-state index contributed by atoms with van der Waals surface area (Å²) in [6, 6.07) is 15.0. The number of ether oxygens (including phenoxy) is 1. The summed E-state index contributed by atoms with van der Waals surface area (Å²) in [7, 11) is 1.55. The molecule has 0 radical (unpaired) electrons. The van der Waals surface area contributed by atoms with Crippen molar-refractivity contribution in [2.24, 2.45) is 5.41 Å². The number of aromatic nitrogens is 1. The fourth-order valence-corrected chi connectivity index (χ4v) is 3.72. The average molecular weight is 488 g/mol. The van der Waals surface area contributed by atoms with E-state index in [0.29, 0.717) is 29.1 Å². The van der Waals surface area contributed by atoms with Crippen molar-refractivity contribution in [1.82, 2.24) is 10.3 Å². The molecule has 0 fully saturated rings. The summed E-state index contributed by atoms with van der Waals surface area (Å²) in [6.07, 6.45) is 1.64. The fraction of sp³-hybridized carbons (Fsp3) is 0.367. The van der Waals surface area contributed by atoms with Crippen LogP contribution >= 0.6 is 0 Å². The van der Waals surface area contributed by atoms with Crippen LogP contribution in [0.1, 0.15) is 73.5 Å². The van der Waals surface area contributed by atoms with Crippen molar-refractivity contribution in [3.8, 4) is 16.9 Å². The standard InChI is InChI=1S/C30H37N3O3/c1-19-24(20-10-9-11-21(14-20)27(34)32-18-29(2,3)4)16-23(17-31-19)33-28(35)25-15-22(30(5,6)7)12-13-26(25)36-8/h9-17H,18H2,1-8H3,(H,32,34)(H,33,35). The van der Waals surface area contributed by atoms with E-state index in [4.69, 9.17) is 4.74 Å². The number of hydrogen-bond acceptors (Lipinski definition) is 4. The Morgan fingerprint density at radius 1 is 0.944 bits per heavy atom. The lowest BCUT2D eigenvalue weighted by atomic mass is 9.86. The summed E-state index contributed by atoms with van der Waals surface area (Å²) in [6.45, 7) is 15.0. The van der Waals surface area contributed by atoms with Crippen LogP contribution in [-0.2, 0) is 5.41 Å². The zero-order valence-corrected chi connectivity index (χ0v) is 22.6. The number of hydrogen-bond donors (Lipinski definition) is 2. The molecule has 2 N–H and O–H groups in total. The molecule has 0 saturated carbocycles. The first-order chi connectivity index (χ1) is 16.8. The molecule has 0 spiro atoms.